The number of ketones is 2. The van der Waals surface area contributed by atoms with E-state index in [4.69, 9.17) is 16.3 Å². The van der Waals surface area contributed by atoms with E-state index in [1.165, 1.54) is 0 Å². The van der Waals surface area contributed by atoms with E-state index in [0.29, 0.717) is 22.4 Å². The summed E-state index contributed by atoms with van der Waals surface area (Å²) in [5.74, 6) is -1.13. The third-order valence-corrected chi connectivity index (χ3v) is 4.04. The molecule has 2 rings (SSSR count). The molecule has 0 atom stereocenters. The van der Waals surface area contributed by atoms with Crippen LogP contribution in [0, 0.1) is 0 Å². The van der Waals surface area contributed by atoms with E-state index in [9.17, 15) is 14.4 Å². The van der Waals surface area contributed by atoms with Crippen molar-refractivity contribution in [3.63, 3.8) is 0 Å². The predicted molar refractivity (Wildman–Crippen MR) is 96.5 cm³/mol. The molecule has 0 aromatic heterocycles. The fourth-order valence-corrected chi connectivity index (χ4v) is 2.46. The standard InChI is InChI=1S/C19H20ClNO4/c1-10-11(2)17(23)15(14(20)16(10)22)21-13-8-6-12(7-9-13)18(24)25-19(3,4)5/h6-9,21H,1-5H3. The van der Waals surface area contributed by atoms with Crippen molar-refractivity contribution in [2.45, 2.75) is 40.2 Å². The number of hydrogen-bond acceptors (Lipinski definition) is 5. The van der Waals surface area contributed by atoms with Gasteiger partial charge in [-0.3, -0.25) is 9.59 Å². The normalized spacial score (nSPS) is 15.6. The fourth-order valence-electron chi connectivity index (χ4n) is 2.19. The van der Waals surface area contributed by atoms with Crippen molar-refractivity contribution in [2.24, 2.45) is 0 Å². The zero-order valence-electron chi connectivity index (χ0n) is 14.8. The summed E-state index contributed by atoms with van der Waals surface area (Å²) < 4.78 is 5.29. The maximum atomic E-state index is 12.3. The van der Waals surface area contributed by atoms with Crippen molar-refractivity contribution in [3.8, 4) is 0 Å². The van der Waals surface area contributed by atoms with Gasteiger partial charge >= 0.3 is 5.97 Å². The van der Waals surface area contributed by atoms with E-state index >= 15 is 0 Å². The van der Waals surface area contributed by atoms with Crippen LogP contribution in [0.4, 0.5) is 5.69 Å². The smallest absolute Gasteiger partial charge is 0.338 e. The van der Waals surface area contributed by atoms with Crippen LogP contribution in [0.2, 0.25) is 0 Å². The summed E-state index contributed by atoms with van der Waals surface area (Å²) >= 11 is 6.03. The van der Waals surface area contributed by atoms with E-state index in [1.54, 1.807) is 58.9 Å². The first kappa shape index (κ1) is 18.9. The molecule has 0 radical (unpaired) electrons. The molecule has 25 heavy (non-hydrogen) atoms. The van der Waals surface area contributed by atoms with Crippen molar-refractivity contribution in [3.05, 3.63) is 51.7 Å². The minimum absolute atomic E-state index is 0.0415. The largest absolute Gasteiger partial charge is 0.456 e. The average molecular weight is 362 g/mol. The maximum Gasteiger partial charge on any atom is 0.338 e. The van der Waals surface area contributed by atoms with Crippen molar-refractivity contribution in [1.82, 2.24) is 0 Å². The molecule has 0 aliphatic heterocycles. The van der Waals surface area contributed by atoms with Crippen LogP contribution in [0.1, 0.15) is 45.0 Å². The molecule has 1 aliphatic carbocycles. The lowest BCUT2D eigenvalue weighted by atomic mass is 9.94. The van der Waals surface area contributed by atoms with Gasteiger partial charge in [-0.05, 0) is 58.9 Å². The summed E-state index contributed by atoms with van der Waals surface area (Å²) in [6, 6.07) is 6.39. The lowest BCUT2D eigenvalue weighted by Gasteiger charge is -2.20. The lowest BCUT2D eigenvalue weighted by molar-refractivity contribution is -0.116. The predicted octanol–water partition coefficient (Wildman–Crippen LogP) is 3.99. The molecular formula is C19H20ClNO4. The monoisotopic (exact) mass is 361 g/mol. The molecule has 1 aromatic carbocycles. The van der Waals surface area contributed by atoms with E-state index in [-0.39, 0.29) is 22.3 Å². The topological polar surface area (TPSA) is 72.5 Å². The second-order valence-corrected chi connectivity index (χ2v) is 7.18. The average Bonchev–Trinajstić information content (AvgIpc) is 2.54. The first-order valence-corrected chi connectivity index (χ1v) is 8.16. The SMILES string of the molecule is CC1=C(C)C(=O)C(Nc2ccc(C(=O)OC(C)(C)C)cc2)=C(Cl)C1=O. The molecule has 132 valence electrons. The van der Waals surface area contributed by atoms with Crippen LogP contribution in [0.5, 0.6) is 0 Å². The van der Waals surface area contributed by atoms with Gasteiger partial charge in [0.05, 0.1) is 5.56 Å². The Balaban J connectivity index is 2.21. The Labute approximate surface area is 151 Å². The molecule has 0 amide bonds. The first-order valence-electron chi connectivity index (χ1n) is 7.78. The minimum atomic E-state index is -0.580. The number of carbonyl (C=O) groups is 3. The molecule has 1 aliphatic rings. The number of allylic oxidation sites excluding steroid dienone is 3. The molecule has 0 saturated heterocycles. The second-order valence-electron chi connectivity index (χ2n) is 6.80. The van der Waals surface area contributed by atoms with Gasteiger partial charge < -0.3 is 10.1 Å². The van der Waals surface area contributed by atoms with Gasteiger partial charge in [-0.15, -0.1) is 0 Å². The quantitative estimate of drug-likeness (QED) is 0.651. The van der Waals surface area contributed by atoms with Gasteiger partial charge in [-0.1, -0.05) is 11.6 Å². The molecule has 5 nitrogen and oxygen atoms in total. The summed E-state index contributed by atoms with van der Waals surface area (Å²) in [5, 5.41) is 2.73. The van der Waals surface area contributed by atoms with Crippen LogP contribution in [0.25, 0.3) is 0 Å². The van der Waals surface area contributed by atoms with E-state index < -0.39 is 11.6 Å². The van der Waals surface area contributed by atoms with Gasteiger partial charge in [0.25, 0.3) is 0 Å². The zero-order chi connectivity index (χ0) is 18.9. The molecule has 0 spiro atoms. The van der Waals surface area contributed by atoms with Gasteiger partial charge in [-0.25, -0.2) is 4.79 Å². The number of Topliss-reactive ketones (excluding diaryl/α,β-unsaturated/α-hetero) is 2. The third kappa shape index (κ3) is 4.17. The number of nitrogens with one attached hydrogen (secondary N) is 1. The number of halogens is 1. The van der Waals surface area contributed by atoms with E-state index in [0.717, 1.165) is 0 Å². The zero-order valence-corrected chi connectivity index (χ0v) is 15.6. The number of rotatable bonds is 3. The van der Waals surface area contributed by atoms with E-state index in [1.807, 2.05) is 0 Å². The lowest BCUT2D eigenvalue weighted by Crippen LogP contribution is -2.24. The molecule has 1 aromatic rings. The summed E-state index contributed by atoms with van der Waals surface area (Å²) in [4.78, 5) is 36.4. The number of benzene rings is 1. The molecule has 0 unspecified atom stereocenters. The van der Waals surface area contributed by atoms with Gasteiger partial charge in [0.2, 0.25) is 11.6 Å². The molecule has 6 heteroatoms. The van der Waals surface area contributed by atoms with Crippen molar-refractivity contribution in [2.75, 3.05) is 5.32 Å². The van der Waals surface area contributed by atoms with Crippen molar-refractivity contribution >= 4 is 34.8 Å². The fraction of sp³-hybridized carbons (Fsp3) is 0.316. The summed E-state index contributed by atoms with van der Waals surface area (Å²) in [5.41, 5.74) is 1.10. The maximum absolute atomic E-state index is 12.3. The molecule has 0 saturated carbocycles. The minimum Gasteiger partial charge on any atom is -0.456 e. The van der Waals surface area contributed by atoms with Crippen molar-refractivity contribution in [1.29, 1.82) is 0 Å². The van der Waals surface area contributed by atoms with Gasteiger partial charge in [-0.2, -0.15) is 0 Å². The molecule has 0 heterocycles. The van der Waals surface area contributed by atoms with Crippen LogP contribution in [0.15, 0.2) is 46.1 Å². The number of esters is 1. The Morgan fingerprint density at radius 1 is 1.00 bits per heavy atom. The molecule has 0 bridgehead atoms. The van der Waals surface area contributed by atoms with Gasteiger partial charge in [0.15, 0.2) is 0 Å². The molecule has 0 fully saturated rings. The number of carbonyl (C=O) groups excluding carboxylic acids is 3. The Morgan fingerprint density at radius 3 is 2.04 bits per heavy atom. The Hall–Kier alpha value is -2.40. The van der Waals surface area contributed by atoms with Crippen LogP contribution < -0.4 is 5.32 Å². The van der Waals surface area contributed by atoms with Crippen LogP contribution >= 0.6 is 11.6 Å². The highest BCUT2D eigenvalue weighted by Crippen LogP contribution is 2.28. The Kier molecular flexibility index (Phi) is 5.18. The van der Waals surface area contributed by atoms with Crippen LogP contribution in [-0.2, 0) is 14.3 Å². The molecule has 1 N–H and O–H groups in total. The number of hydrogen-bond donors (Lipinski definition) is 1. The van der Waals surface area contributed by atoms with Crippen molar-refractivity contribution < 1.29 is 19.1 Å². The van der Waals surface area contributed by atoms with Crippen LogP contribution in [0.3, 0.4) is 0 Å². The first-order chi connectivity index (χ1) is 11.5. The third-order valence-electron chi connectivity index (χ3n) is 3.68. The number of ether oxygens (including phenoxy) is 1. The molecular weight excluding hydrogens is 342 g/mol. The van der Waals surface area contributed by atoms with Gasteiger partial charge in [0, 0.05) is 16.8 Å². The summed E-state index contributed by atoms with van der Waals surface area (Å²) in [7, 11) is 0. The Bertz CT molecular complexity index is 811. The van der Waals surface area contributed by atoms with Gasteiger partial charge in [0.1, 0.15) is 16.3 Å². The van der Waals surface area contributed by atoms with Crippen LogP contribution in [-0.4, -0.2) is 23.1 Å². The van der Waals surface area contributed by atoms with E-state index in [2.05, 4.69) is 5.32 Å². The highest BCUT2D eigenvalue weighted by Gasteiger charge is 2.29. The Morgan fingerprint density at radius 2 is 1.52 bits per heavy atom. The summed E-state index contributed by atoms with van der Waals surface area (Å²) in [6.07, 6.45) is 0. The highest BCUT2D eigenvalue weighted by atomic mass is 35.5. The highest BCUT2D eigenvalue weighted by molar-refractivity contribution is 6.49. The second kappa shape index (κ2) is 6.84. The summed E-state index contributed by atoms with van der Waals surface area (Å²) in [6.45, 7) is 8.53. The number of anilines is 1.